The number of halogens is 3. The van der Waals surface area contributed by atoms with Gasteiger partial charge in [-0.25, -0.2) is 0 Å². The van der Waals surface area contributed by atoms with Crippen LogP contribution in [0, 0.1) is 6.92 Å². The molecule has 3 nitrogen and oxygen atoms in total. The number of alkyl halides is 3. The molecule has 0 saturated carbocycles. The zero-order chi connectivity index (χ0) is 21.7. The molecule has 0 aliphatic heterocycles. The Morgan fingerprint density at radius 2 is 1.77 bits per heavy atom. The Kier molecular flexibility index (Phi) is 6.77. The van der Waals surface area contributed by atoms with Crippen LogP contribution in [-0.4, -0.2) is 23.9 Å². The quantitative estimate of drug-likeness (QED) is 0.389. The van der Waals surface area contributed by atoms with Crippen molar-refractivity contribution in [3.05, 3.63) is 83.0 Å². The fraction of sp³-hybridized carbons (Fsp3) is 0.292. The highest BCUT2D eigenvalue weighted by Crippen LogP contribution is 2.31. The number of ketones is 1. The number of hydrogen-bond donors (Lipinski definition) is 1. The van der Waals surface area contributed by atoms with Gasteiger partial charge in [-0.05, 0) is 50.2 Å². The van der Waals surface area contributed by atoms with Gasteiger partial charge >= 0.3 is 6.18 Å². The molecule has 0 saturated heterocycles. The van der Waals surface area contributed by atoms with Gasteiger partial charge in [-0.2, -0.15) is 13.2 Å². The highest BCUT2D eigenvalue weighted by atomic mass is 19.4. The summed E-state index contributed by atoms with van der Waals surface area (Å²) in [6.45, 7) is 3.48. The van der Waals surface area contributed by atoms with Crippen molar-refractivity contribution in [2.75, 3.05) is 13.6 Å². The van der Waals surface area contributed by atoms with Crippen molar-refractivity contribution in [1.82, 2.24) is 9.88 Å². The summed E-state index contributed by atoms with van der Waals surface area (Å²) in [7, 11) is 1.89. The number of nitrogens with one attached hydrogen (secondary N) is 1. The molecule has 1 N–H and O–H groups in total. The van der Waals surface area contributed by atoms with Crippen LogP contribution in [0.15, 0.2) is 60.7 Å². The Hall–Kier alpha value is -2.86. The topological polar surface area (TPSA) is 34.0 Å². The van der Waals surface area contributed by atoms with Crippen molar-refractivity contribution >= 4 is 5.78 Å². The number of carbonyl (C=O) groups excluding carboxylic acids is 1. The molecule has 0 fully saturated rings. The lowest BCUT2D eigenvalue weighted by atomic mass is 10.0. The smallest absolute Gasteiger partial charge is 0.344 e. The molecule has 0 radical (unpaired) electrons. The van der Waals surface area contributed by atoms with Gasteiger partial charge in [0.2, 0.25) is 0 Å². The van der Waals surface area contributed by atoms with Crippen molar-refractivity contribution in [2.45, 2.75) is 32.5 Å². The van der Waals surface area contributed by atoms with E-state index in [-0.39, 0.29) is 12.2 Å². The summed E-state index contributed by atoms with van der Waals surface area (Å²) >= 11 is 0. The van der Waals surface area contributed by atoms with Gasteiger partial charge in [-0.1, -0.05) is 48.5 Å². The molecule has 6 heteroatoms. The molecule has 0 amide bonds. The number of aromatic nitrogens is 1. The van der Waals surface area contributed by atoms with E-state index in [1.54, 1.807) is 6.07 Å². The van der Waals surface area contributed by atoms with E-state index in [4.69, 9.17) is 0 Å². The molecule has 0 bridgehead atoms. The predicted molar refractivity (Wildman–Crippen MR) is 113 cm³/mol. The Labute approximate surface area is 174 Å². The van der Waals surface area contributed by atoms with Gasteiger partial charge in [0.15, 0.2) is 5.78 Å². The standard InChI is InChI=1S/C24H25F3N2O/c1-17-21(23(30)15-18-8-6-11-20(14-18)24(25,26)27)16-22(19-9-4-3-5-10-19)29(17)13-7-12-28-2/h3-6,8-11,14,16,28H,7,12-13,15H2,1-2H3. The lowest BCUT2D eigenvalue weighted by Gasteiger charge is -2.12. The molecule has 3 aromatic rings. The second-order valence-corrected chi connectivity index (χ2v) is 7.30. The fourth-order valence-electron chi connectivity index (χ4n) is 3.62. The van der Waals surface area contributed by atoms with Crippen molar-refractivity contribution in [3.8, 4) is 11.3 Å². The second kappa shape index (κ2) is 9.30. The van der Waals surface area contributed by atoms with Crippen LogP contribution < -0.4 is 5.32 Å². The summed E-state index contributed by atoms with van der Waals surface area (Å²) in [5, 5.41) is 3.12. The number of rotatable bonds is 8. The third-order valence-electron chi connectivity index (χ3n) is 5.16. The lowest BCUT2D eigenvalue weighted by molar-refractivity contribution is -0.137. The Morgan fingerprint density at radius 3 is 2.43 bits per heavy atom. The predicted octanol–water partition coefficient (Wildman–Crippen LogP) is 5.52. The van der Waals surface area contributed by atoms with E-state index in [9.17, 15) is 18.0 Å². The second-order valence-electron chi connectivity index (χ2n) is 7.30. The largest absolute Gasteiger partial charge is 0.416 e. The van der Waals surface area contributed by atoms with E-state index >= 15 is 0 Å². The molecule has 2 aromatic carbocycles. The molecule has 3 rings (SSSR count). The van der Waals surface area contributed by atoms with E-state index in [1.807, 2.05) is 50.4 Å². The third-order valence-corrected chi connectivity index (χ3v) is 5.16. The van der Waals surface area contributed by atoms with E-state index in [2.05, 4.69) is 9.88 Å². The normalized spacial score (nSPS) is 11.6. The van der Waals surface area contributed by atoms with Crippen molar-refractivity contribution in [1.29, 1.82) is 0 Å². The Morgan fingerprint density at radius 1 is 1.03 bits per heavy atom. The van der Waals surface area contributed by atoms with E-state index in [0.717, 1.165) is 48.6 Å². The number of carbonyl (C=O) groups is 1. The summed E-state index contributed by atoms with van der Waals surface area (Å²) in [6.07, 6.45) is -3.60. The highest BCUT2D eigenvalue weighted by Gasteiger charge is 2.30. The first kappa shape index (κ1) is 21.8. The van der Waals surface area contributed by atoms with Gasteiger partial charge in [-0.3, -0.25) is 4.79 Å². The average molecular weight is 414 g/mol. The number of hydrogen-bond acceptors (Lipinski definition) is 2. The van der Waals surface area contributed by atoms with Crippen LogP contribution in [0.25, 0.3) is 11.3 Å². The first-order valence-electron chi connectivity index (χ1n) is 9.90. The fourth-order valence-corrected chi connectivity index (χ4v) is 3.62. The molecular weight excluding hydrogens is 389 g/mol. The minimum atomic E-state index is -4.42. The number of nitrogens with zero attached hydrogens (tertiary/aromatic N) is 1. The zero-order valence-corrected chi connectivity index (χ0v) is 17.1. The zero-order valence-electron chi connectivity index (χ0n) is 17.1. The Bertz CT molecular complexity index is 1010. The monoisotopic (exact) mass is 414 g/mol. The van der Waals surface area contributed by atoms with E-state index in [1.165, 1.54) is 6.07 Å². The van der Waals surface area contributed by atoms with Gasteiger partial charge in [0.05, 0.1) is 5.56 Å². The Balaban J connectivity index is 1.92. The summed E-state index contributed by atoms with van der Waals surface area (Å²) < 4.78 is 41.1. The first-order chi connectivity index (χ1) is 14.3. The van der Waals surface area contributed by atoms with E-state index in [0.29, 0.717) is 11.1 Å². The van der Waals surface area contributed by atoms with Crippen LogP contribution >= 0.6 is 0 Å². The summed E-state index contributed by atoms with van der Waals surface area (Å²) in [5.41, 5.74) is 2.95. The maximum atomic E-state index is 13.0. The minimum Gasteiger partial charge on any atom is -0.344 e. The maximum Gasteiger partial charge on any atom is 0.416 e. The molecule has 0 atom stereocenters. The van der Waals surface area contributed by atoms with Crippen LogP contribution in [0.2, 0.25) is 0 Å². The molecule has 1 aromatic heterocycles. The van der Waals surface area contributed by atoms with Gasteiger partial charge in [0, 0.05) is 29.9 Å². The molecule has 1 heterocycles. The van der Waals surface area contributed by atoms with Crippen LogP contribution in [0.3, 0.4) is 0 Å². The van der Waals surface area contributed by atoms with Crippen molar-refractivity contribution in [2.24, 2.45) is 0 Å². The van der Waals surface area contributed by atoms with Crippen LogP contribution in [-0.2, 0) is 19.1 Å². The summed E-state index contributed by atoms with van der Waals surface area (Å²) in [5.74, 6) is -0.184. The van der Waals surface area contributed by atoms with Gasteiger partial charge in [0.1, 0.15) is 0 Å². The molecule has 0 spiro atoms. The van der Waals surface area contributed by atoms with Crippen LogP contribution in [0.1, 0.15) is 33.6 Å². The molecular formula is C24H25F3N2O. The lowest BCUT2D eigenvalue weighted by Crippen LogP contribution is -2.13. The molecule has 158 valence electrons. The van der Waals surface area contributed by atoms with Crippen LogP contribution in [0.5, 0.6) is 0 Å². The maximum absolute atomic E-state index is 13.0. The molecule has 0 aliphatic rings. The van der Waals surface area contributed by atoms with Crippen molar-refractivity contribution in [3.63, 3.8) is 0 Å². The first-order valence-corrected chi connectivity index (χ1v) is 9.90. The third kappa shape index (κ3) is 5.00. The summed E-state index contributed by atoms with van der Waals surface area (Å²) in [6, 6.07) is 16.6. The minimum absolute atomic E-state index is 0.0699. The SMILES string of the molecule is CNCCCn1c(-c2ccccc2)cc(C(=O)Cc2cccc(C(F)(F)F)c2)c1C. The van der Waals surface area contributed by atoms with Crippen LogP contribution in [0.4, 0.5) is 13.2 Å². The number of Topliss-reactive ketones (excluding diaryl/α,β-unsaturated/α-hetero) is 1. The average Bonchev–Trinajstić information content (AvgIpc) is 3.05. The molecule has 0 aliphatic carbocycles. The van der Waals surface area contributed by atoms with Gasteiger partial charge < -0.3 is 9.88 Å². The van der Waals surface area contributed by atoms with Gasteiger partial charge in [0.25, 0.3) is 0 Å². The van der Waals surface area contributed by atoms with Gasteiger partial charge in [-0.15, -0.1) is 0 Å². The van der Waals surface area contributed by atoms with E-state index < -0.39 is 11.7 Å². The van der Waals surface area contributed by atoms with Crippen molar-refractivity contribution < 1.29 is 18.0 Å². The number of benzene rings is 2. The summed E-state index contributed by atoms with van der Waals surface area (Å²) in [4.78, 5) is 13.0. The molecule has 0 unspecified atom stereocenters. The highest BCUT2D eigenvalue weighted by molar-refractivity contribution is 6.00. The molecule has 30 heavy (non-hydrogen) atoms.